The Morgan fingerprint density at radius 1 is 1.67 bits per heavy atom. The lowest BCUT2D eigenvalue weighted by Crippen LogP contribution is -2.13. The highest BCUT2D eigenvalue weighted by atomic mass is 16.5. The van der Waals surface area contributed by atoms with Crippen molar-refractivity contribution in [1.82, 2.24) is 0 Å². The predicted octanol–water partition coefficient (Wildman–Crippen LogP) is 0.139. The molecule has 1 rings (SSSR count). The number of carbonyl (C=O) groups is 2. The van der Waals surface area contributed by atoms with Crippen LogP contribution in [-0.2, 0) is 14.3 Å². The summed E-state index contributed by atoms with van der Waals surface area (Å²) in [5.74, 6) is -0.907. The minimum atomic E-state index is -0.468. The Morgan fingerprint density at radius 3 is 2.56 bits per heavy atom. The van der Waals surface area contributed by atoms with Gasteiger partial charge in [0, 0.05) is 0 Å². The molecule has 1 aliphatic rings. The molecule has 0 radical (unpaired) electrons. The van der Waals surface area contributed by atoms with Gasteiger partial charge in [-0.2, -0.15) is 0 Å². The highest BCUT2D eigenvalue weighted by Crippen LogP contribution is 2.13. The molecule has 3 heteroatoms. The van der Waals surface area contributed by atoms with Crippen LogP contribution in [0.1, 0.15) is 13.3 Å². The summed E-state index contributed by atoms with van der Waals surface area (Å²) >= 11 is 0. The molecule has 1 heterocycles. The van der Waals surface area contributed by atoms with E-state index in [4.69, 9.17) is 0 Å². The Labute approximate surface area is 53.0 Å². The van der Waals surface area contributed by atoms with Gasteiger partial charge in [0.15, 0.2) is 12.4 Å². The van der Waals surface area contributed by atoms with Crippen molar-refractivity contribution in [3.63, 3.8) is 0 Å². The maximum Gasteiger partial charge on any atom is 0.317 e. The highest BCUT2D eigenvalue weighted by molar-refractivity contribution is 6.04. The summed E-state index contributed by atoms with van der Waals surface area (Å²) < 4.78 is 4.48. The topological polar surface area (TPSA) is 43.4 Å². The van der Waals surface area contributed by atoms with Gasteiger partial charge < -0.3 is 4.74 Å². The third-order valence-electron chi connectivity index (χ3n) is 1.44. The van der Waals surface area contributed by atoms with Crippen LogP contribution in [0, 0.1) is 5.92 Å². The first-order valence-electron chi connectivity index (χ1n) is 2.95. The number of ether oxygens (including phenoxy) is 1. The molecule has 0 N–H and O–H groups in total. The van der Waals surface area contributed by atoms with Gasteiger partial charge >= 0.3 is 5.97 Å². The van der Waals surface area contributed by atoms with Crippen LogP contribution in [0.2, 0.25) is 0 Å². The van der Waals surface area contributed by atoms with Gasteiger partial charge in [-0.1, -0.05) is 6.92 Å². The monoisotopic (exact) mass is 128 g/mol. The van der Waals surface area contributed by atoms with E-state index in [1.165, 1.54) is 0 Å². The summed E-state index contributed by atoms with van der Waals surface area (Å²) in [4.78, 5) is 21.2. The van der Waals surface area contributed by atoms with E-state index in [1.54, 1.807) is 6.92 Å². The van der Waals surface area contributed by atoms with Crippen LogP contribution in [0.15, 0.2) is 0 Å². The Bertz CT molecular complexity index is 134. The smallest absolute Gasteiger partial charge is 0.317 e. The minimum Gasteiger partial charge on any atom is -0.457 e. The van der Waals surface area contributed by atoms with Gasteiger partial charge in [0.2, 0.25) is 0 Å². The molecule has 0 bridgehead atoms. The molecule has 1 saturated heterocycles. The Morgan fingerprint density at radius 2 is 2.33 bits per heavy atom. The number of Topliss-reactive ketones (excluding diaryl/α,β-unsaturated/α-hetero) is 1. The zero-order valence-corrected chi connectivity index (χ0v) is 5.22. The van der Waals surface area contributed by atoms with Gasteiger partial charge in [0.25, 0.3) is 0 Å². The maximum absolute atomic E-state index is 10.7. The number of cyclic esters (lactones) is 1. The lowest BCUT2D eigenvalue weighted by Gasteiger charge is -1.94. The van der Waals surface area contributed by atoms with Crippen LogP contribution in [0.3, 0.4) is 0 Å². The van der Waals surface area contributed by atoms with Crippen molar-refractivity contribution in [3.8, 4) is 0 Å². The van der Waals surface area contributed by atoms with Crippen molar-refractivity contribution in [3.05, 3.63) is 0 Å². The van der Waals surface area contributed by atoms with E-state index in [2.05, 4.69) is 4.74 Å². The van der Waals surface area contributed by atoms with Crippen molar-refractivity contribution in [1.29, 1.82) is 0 Å². The number of hydrogen-bond acceptors (Lipinski definition) is 3. The largest absolute Gasteiger partial charge is 0.457 e. The van der Waals surface area contributed by atoms with Crippen molar-refractivity contribution in [2.75, 3.05) is 6.61 Å². The van der Waals surface area contributed by atoms with Crippen molar-refractivity contribution < 1.29 is 14.3 Å². The Balaban J connectivity index is 2.66. The molecule has 9 heavy (non-hydrogen) atoms. The summed E-state index contributed by atoms with van der Waals surface area (Å²) in [5, 5.41) is 0. The van der Waals surface area contributed by atoms with Crippen LogP contribution in [-0.4, -0.2) is 18.4 Å². The normalized spacial score (nSPS) is 26.6. The summed E-state index contributed by atoms with van der Waals surface area (Å²) in [7, 11) is 0. The quantitative estimate of drug-likeness (QED) is 0.372. The first kappa shape index (κ1) is 6.26. The van der Waals surface area contributed by atoms with E-state index in [-0.39, 0.29) is 18.4 Å². The fraction of sp³-hybridized carbons (Fsp3) is 0.667. The Hall–Kier alpha value is -0.860. The highest BCUT2D eigenvalue weighted by Gasteiger charge is 2.32. The lowest BCUT2D eigenvalue weighted by atomic mass is 10.1. The standard InChI is InChI=1S/C6H8O3/c1-2-4-5(7)3-9-6(4)8/h4H,2-3H2,1H3. The molecule has 0 aliphatic carbocycles. The van der Waals surface area contributed by atoms with E-state index < -0.39 is 5.92 Å². The van der Waals surface area contributed by atoms with E-state index in [9.17, 15) is 9.59 Å². The number of rotatable bonds is 1. The van der Waals surface area contributed by atoms with Gasteiger partial charge in [-0.15, -0.1) is 0 Å². The molecule has 3 nitrogen and oxygen atoms in total. The van der Waals surface area contributed by atoms with E-state index >= 15 is 0 Å². The van der Waals surface area contributed by atoms with E-state index in [0.717, 1.165) is 0 Å². The molecule has 1 aliphatic heterocycles. The average molecular weight is 128 g/mol. The zero-order chi connectivity index (χ0) is 6.85. The molecule has 0 aromatic carbocycles. The number of esters is 1. The van der Waals surface area contributed by atoms with Gasteiger partial charge in [-0.05, 0) is 6.42 Å². The van der Waals surface area contributed by atoms with E-state index in [1.807, 2.05) is 0 Å². The van der Waals surface area contributed by atoms with Gasteiger partial charge in [0.1, 0.15) is 5.92 Å². The lowest BCUT2D eigenvalue weighted by molar-refractivity contribution is -0.141. The van der Waals surface area contributed by atoms with Gasteiger partial charge in [0.05, 0.1) is 0 Å². The summed E-state index contributed by atoms with van der Waals surface area (Å²) in [5.41, 5.74) is 0. The SMILES string of the molecule is CCC1C(=O)COC1=O. The molecule has 0 amide bonds. The summed E-state index contributed by atoms with van der Waals surface area (Å²) in [6, 6.07) is 0. The van der Waals surface area contributed by atoms with Crippen molar-refractivity contribution >= 4 is 11.8 Å². The van der Waals surface area contributed by atoms with Gasteiger partial charge in [-0.25, -0.2) is 0 Å². The summed E-state index contributed by atoms with van der Waals surface area (Å²) in [6.07, 6.45) is 0.567. The third kappa shape index (κ3) is 0.943. The second-order valence-electron chi connectivity index (χ2n) is 2.03. The van der Waals surface area contributed by atoms with Crippen LogP contribution >= 0.6 is 0 Å². The van der Waals surface area contributed by atoms with Crippen molar-refractivity contribution in [2.24, 2.45) is 5.92 Å². The minimum absolute atomic E-state index is 0.0165. The van der Waals surface area contributed by atoms with E-state index in [0.29, 0.717) is 6.42 Å². The fourth-order valence-electron chi connectivity index (χ4n) is 0.869. The fourth-order valence-corrected chi connectivity index (χ4v) is 0.869. The molecule has 0 aromatic rings. The first-order chi connectivity index (χ1) is 4.25. The molecule has 0 aromatic heterocycles. The molecule has 1 atom stereocenters. The molecule has 0 saturated carbocycles. The molecule has 1 unspecified atom stereocenters. The molecular weight excluding hydrogens is 120 g/mol. The Kier molecular flexibility index (Phi) is 1.51. The number of ketones is 1. The second kappa shape index (κ2) is 2.17. The molecule has 50 valence electrons. The van der Waals surface area contributed by atoms with Crippen LogP contribution in [0.5, 0.6) is 0 Å². The van der Waals surface area contributed by atoms with Gasteiger partial charge in [-0.3, -0.25) is 9.59 Å². The molecular formula is C6H8O3. The van der Waals surface area contributed by atoms with Crippen LogP contribution in [0.25, 0.3) is 0 Å². The average Bonchev–Trinajstić information content (AvgIpc) is 2.12. The number of carbonyl (C=O) groups excluding carboxylic acids is 2. The first-order valence-corrected chi connectivity index (χ1v) is 2.95. The molecule has 1 fully saturated rings. The number of hydrogen-bond donors (Lipinski definition) is 0. The van der Waals surface area contributed by atoms with Crippen LogP contribution < -0.4 is 0 Å². The molecule has 0 spiro atoms. The third-order valence-corrected chi connectivity index (χ3v) is 1.44. The predicted molar refractivity (Wildman–Crippen MR) is 29.7 cm³/mol. The van der Waals surface area contributed by atoms with Crippen molar-refractivity contribution in [2.45, 2.75) is 13.3 Å². The maximum atomic E-state index is 10.7. The summed E-state index contributed by atoms with van der Waals surface area (Å²) in [6.45, 7) is 1.78. The van der Waals surface area contributed by atoms with Crippen LogP contribution in [0.4, 0.5) is 0 Å². The second-order valence-corrected chi connectivity index (χ2v) is 2.03. The zero-order valence-electron chi connectivity index (χ0n) is 5.22.